The molecule has 0 spiro atoms. The van der Waals surface area contributed by atoms with Crippen molar-refractivity contribution in [2.24, 2.45) is 11.7 Å². The summed E-state index contributed by atoms with van der Waals surface area (Å²) < 4.78 is 0. The zero-order valence-corrected chi connectivity index (χ0v) is 10.1. The highest BCUT2D eigenvalue weighted by molar-refractivity contribution is 7.80. The number of hydrogen-bond donors (Lipinski definition) is 2. The van der Waals surface area contributed by atoms with E-state index >= 15 is 0 Å². The van der Waals surface area contributed by atoms with Gasteiger partial charge >= 0.3 is 0 Å². The number of hydrogen-bond acceptors (Lipinski definition) is 3. The number of pyridine rings is 1. The smallest absolute Gasteiger partial charge is 0.122 e. The fourth-order valence-corrected chi connectivity index (χ4v) is 1.20. The van der Waals surface area contributed by atoms with Gasteiger partial charge in [-0.25, -0.2) is 0 Å². The average Bonchev–Trinajstić information content (AvgIpc) is 2.18. The lowest BCUT2D eigenvalue weighted by atomic mass is 10.1. The Balaban J connectivity index is 2.78. The van der Waals surface area contributed by atoms with Gasteiger partial charge in [-0.3, -0.25) is 4.98 Å². The molecule has 0 aliphatic heterocycles. The Morgan fingerprint density at radius 2 is 2.13 bits per heavy atom. The summed E-state index contributed by atoms with van der Waals surface area (Å²) in [7, 11) is 0. The van der Waals surface area contributed by atoms with Crippen LogP contribution in [0.1, 0.15) is 26.5 Å². The van der Waals surface area contributed by atoms with Crippen molar-refractivity contribution in [3.8, 4) is 0 Å². The summed E-state index contributed by atoms with van der Waals surface area (Å²) in [5.41, 5.74) is 7.18. The third-order valence-electron chi connectivity index (χ3n) is 2.41. The number of anilines is 1. The fourth-order valence-electron chi connectivity index (χ4n) is 1.08. The molecule has 3 nitrogen and oxygen atoms in total. The summed E-state index contributed by atoms with van der Waals surface area (Å²) in [5, 5.41) is 3.38. The first-order valence-electron chi connectivity index (χ1n) is 5.03. The Morgan fingerprint density at radius 1 is 1.47 bits per heavy atom. The monoisotopic (exact) mass is 223 g/mol. The Labute approximate surface area is 96.1 Å². The summed E-state index contributed by atoms with van der Waals surface area (Å²) >= 11 is 4.87. The Bertz CT molecular complexity index is 349. The van der Waals surface area contributed by atoms with Gasteiger partial charge in [0, 0.05) is 17.9 Å². The minimum absolute atomic E-state index is 0.329. The van der Waals surface area contributed by atoms with Crippen molar-refractivity contribution in [3.05, 3.63) is 24.0 Å². The van der Waals surface area contributed by atoms with E-state index in [1.807, 2.05) is 12.1 Å². The lowest BCUT2D eigenvalue weighted by Gasteiger charge is -2.18. The lowest BCUT2D eigenvalue weighted by molar-refractivity contribution is 0.560. The molecule has 0 saturated carbocycles. The van der Waals surface area contributed by atoms with Gasteiger partial charge in [-0.1, -0.05) is 26.1 Å². The van der Waals surface area contributed by atoms with Crippen molar-refractivity contribution in [3.63, 3.8) is 0 Å². The van der Waals surface area contributed by atoms with Gasteiger partial charge in [0.1, 0.15) is 4.99 Å². The van der Waals surface area contributed by atoms with Crippen LogP contribution in [-0.2, 0) is 0 Å². The minimum atomic E-state index is 0.329. The summed E-state index contributed by atoms with van der Waals surface area (Å²) in [6.07, 6.45) is 1.71. The molecular weight excluding hydrogens is 206 g/mol. The molecular formula is C11H17N3S. The molecule has 1 aromatic rings. The molecule has 4 heteroatoms. The van der Waals surface area contributed by atoms with Crippen LogP contribution in [0.4, 0.5) is 5.69 Å². The van der Waals surface area contributed by atoms with Gasteiger partial charge in [0.2, 0.25) is 0 Å². The molecule has 3 N–H and O–H groups in total. The molecule has 1 unspecified atom stereocenters. The molecule has 0 aliphatic carbocycles. The first-order valence-corrected chi connectivity index (χ1v) is 5.44. The number of thiocarbonyl (C=S) groups is 1. The molecule has 0 aliphatic rings. The molecule has 0 fully saturated rings. The molecule has 0 saturated heterocycles. The van der Waals surface area contributed by atoms with Gasteiger partial charge in [-0.15, -0.1) is 0 Å². The maximum absolute atomic E-state index is 5.51. The summed E-state index contributed by atoms with van der Waals surface area (Å²) in [6.45, 7) is 6.49. The van der Waals surface area contributed by atoms with Crippen molar-refractivity contribution in [1.82, 2.24) is 4.98 Å². The number of nitrogens with zero attached hydrogens (tertiary/aromatic N) is 1. The standard InChI is InChI=1S/C11H17N3S/c1-7(2)8(3)14-9-4-5-13-10(6-9)11(12)15/h4-8H,1-3H3,(H2,12,15)(H,13,14). The molecule has 1 aromatic heterocycles. The normalized spacial score (nSPS) is 12.5. The minimum Gasteiger partial charge on any atom is -0.388 e. The van der Waals surface area contributed by atoms with Crippen LogP contribution >= 0.6 is 12.2 Å². The van der Waals surface area contributed by atoms with E-state index < -0.39 is 0 Å². The molecule has 1 heterocycles. The second-order valence-electron chi connectivity index (χ2n) is 3.97. The van der Waals surface area contributed by atoms with Gasteiger partial charge in [-0.2, -0.15) is 0 Å². The Kier molecular flexibility index (Phi) is 4.03. The highest BCUT2D eigenvalue weighted by atomic mass is 32.1. The maximum Gasteiger partial charge on any atom is 0.122 e. The van der Waals surface area contributed by atoms with Crippen LogP contribution in [0, 0.1) is 5.92 Å². The fraction of sp³-hybridized carbons (Fsp3) is 0.455. The lowest BCUT2D eigenvalue weighted by Crippen LogP contribution is -2.22. The highest BCUT2D eigenvalue weighted by Gasteiger charge is 2.07. The first kappa shape index (κ1) is 11.9. The van der Waals surface area contributed by atoms with Crippen molar-refractivity contribution in [1.29, 1.82) is 0 Å². The van der Waals surface area contributed by atoms with Gasteiger partial charge in [0.05, 0.1) is 5.69 Å². The quantitative estimate of drug-likeness (QED) is 0.768. The van der Waals surface area contributed by atoms with Crippen molar-refractivity contribution < 1.29 is 0 Å². The molecule has 0 radical (unpaired) electrons. The van der Waals surface area contributed by atoms with Crippen LogP contribution in [0.15, 0.2) is 18.3 Å². The largest absolute Gasteiger partial charge is 0.388 e. The van der Waals surface area contributed by atoms with E-state index in [9.17, 15) is 0 Å². The van der Waals surface area contributed by atoms with Crippen LogP contribution in [0.5, 0.6) is 0 Å². The van der Waals surface area contributed by atoms with Gasteiger partial charge < -0.3 is 11.1 Å². The third kappa shape index (κ3) is 3.47. The predicted octanol–water partition coefficient (Wildman–Crippen LogP) is 2.17. The SMILES string of the molecule is CC(C)C(C)Nc1ccnc(C(N)=S)c1. The molecule has 0 bridgehead atoms. The van der Waals surface area contributed by atoms with E-state index in [1.165, 1.54) is 0 Å². The molecule has 15 heavy (non-hydrogen) atoms. The number of nitrogens with one attached hydrogen (secondary N) is 1. The van der Waals surface area contributed by atoms with Crippen molar-refractivity contribution in [2.75, 3.05) is 5.32 Å². The maximum atomic E-state index is 5.51. The van der Waals surface area contributed by atoms with E-state index in [0.29, 0.717) is 22.6 Å². The van der Waals surface area contributed by atoms with E-state index in [0.717, 1.165) is 5.69 Å². The molecule has 1 rings (SSSR count). The third-order valence-corrected chi connectivity index (χ3v) is 2.62. The topological polar surface area (TPSA) is 50.9 Å². The van der Waals surface area contributed by atoms with E-state index in [2.05, 4.69) is 31.1 Å². The van der Waals surface area contributed by atoms with Crippen molar-refractivity contribution >= 4 is 22.9 Å². The highest BCUT2D eigenvalue weighted by Crippen LogP contribution is 2.12. The van der Waals surface area contributed by atoms with Crippen LogP contribution < -0.4 is 11.1 Å². The zero-order chi connectivity index (χ0) is 11.4. The van der Waals surface area contributed by atoms with E-state index in [4.69, 9.17) is 18.0 Å². The molecule has 1 atom stereocenters. The molecule has 82 valence electrons. The van der Waals surface area contributed by atoms with Gasteiger partial charge in [0.15, 0.2) is 0 Å². The Hall–Kier alpha value is -1.16. The average molecular weight is 223 g/mol. The predicted molar refractivity (Wildman–Crippen MR) is 68.0 cm³/mol. The number of rotatable bonds is 4. The summed E-state index contributed by atoms with van der Waals surface area (Å²) in [5.74, 6) is 0.575. The van der Waals surface area contributed by atoms with E-state index in [1.54, 1.807) is 6.20 Å². The van der Waals surface area contributed by atoms with Crippen molar-refractivity contribution in [2.45, 2.75) is 26.8 Å². The van der Waals surface area contributed by atoms with E-state index in [-0.39, 0.29) is 0 Å². The van der Waals surface area contributed by atoms with Crippen LogP contribution in [-0.4, -0.2) is 16.0 Å². The second kappa shape index (κ2) is 5.07. The summed E-state index contributed by atoms with van der Waals surface area (Å²) in [6, 6.07) is 4.20. The molecule has 0 aromatic carbocycles. The van der Waals surface area contributed by atoms with Crippen LogP contribution in [0.25, 0.3) is 0 Å². The second-order valence-corrected chi connectivity index (χ2v) is 4.41. The number of nitrogens with two attached hydrogens (primary N) is 1. The van der Waals surface area contributed by atoms with Crippen LogP contribution in [0.3, 0.4) is 0 Å². The van der Waals surface area contributed by atoms with Gasteiger partial charge in [0.25, 0.3) is 0 Å². The van der Waals surface area contributed by atoms with Crippen LogP contribution in [0.2, 0.25) is 0 Å². The Morgan fingerprint density at radius 3 is 2.67 bits per heavy atom. The van der Waals surface area contributed by atoms with Gasteiger partial charge in [-0.05, 0) is 25.0 Å². The summed E-state index contributed by atoms with van der Waals surface area (Å²) in [4.78, 5) is 4.41. The number of aromatic nitrogens is 1. The zero-order valence-electron chi connectivity index (χ0n) is 9.32. The first-order chi connectivity index (χ1) is 7.00. The molecule has 0 amide bonds.